The van der Waals surface area contributed by atoms with Crippen LogP contribution in [-0.4, -0.2) is 47.9 Å². The van der Waals surface area contributed by atoms with Gasteiger partial charge < -0.3 is 19.5 Å². The summed E-state index contributed by atoms with van der Waals surface area (Å²) in [7, 11) is 2.88. The lowest BCUT2D eigenvalue weighted by Crippen LogP contribution is -2.36. The number of nitrogens with zero attached hydrogens (tertiary/aromatic N) is 4. The summed E-state index contributed by atoms with van der Waals surface area (Å²) in [4.78, 5) is 36.3. The number of methoxy groups -OCH3 is 2. The van der Waals surface area contributed by atoms with Crippen LogP contribution in [0.3, 0.4) is 0 Å². The monoisotopic (exact) mass is 561 g/mol. The fourth-order valence-electron chi connectivity index (χ4n) is 3.55. The Bertz CT molecular complexity index is 1390. The number of hydrogen-bond donors (Lipinski definition) is 1. The van der Waals surface area contributed by atoms with Gasteiger partial charge in [-0.15, -0.1) is 11.8 Å². The minimum atomic E-state index is -0.721. The van der Waals surface area contributed by atoms with Gasteiger partial charge in [-0.3, -0.25) is 9.69 Å². The van der Waals surface area contributed by atoms with Crippen molar-refractivity contribution in [1.82, 2.24) is 9.97 Å². The van der Waals surface area contributed by atoms with E-state index in [0.29, 0.717) is 16.5 Å². The number of benzene rings is 2. The van der Waals surface area contributed by atoms with Crippen LogP contribution in [0.4, 0.5) is 16.3 Å². The molecule has 3 aromatic rings. The van der Waals surface area contributed by atoms with Gasteiger partial charge in [0.25, 0.3) is 0 Å². The zero-order chi connectivity index (χ0) is 29.3. The number of allylic oxidation sites excluding steroid dienone is 1. The Morgan fingerprint density at radius 1 is 1.07 bits per heavy atom. The molecule has 3 rings (SSSR count). The first-order chi connectivity index (χ1) is 19.1. The average Bonchev–Trinajstić information content (AvgIpc) is 2.94. The summed E-state index contributed by atoms with van der Waals surface area (Å²) in [5, 5.41) is 12.4. The van der Waals surface area contributed by atoms with Crippen molar-refractivity contribution in [2.75, 3.05) is 30.7 Å². The van der Waals surface area contributed by atoms with Crippen LogP contribution in [-0.2, 0) is 11.3 Å². The number of hydrogen-bond acceptors (Lipinski definition) is 10. The van der Waals surface area contributed by atoms with Crippen molar-refractivity contribution in [3.8, 4) is 17.6 Å². The first kappa shape index (κ1) is 30.0. The van der Waals surface area contributed by atoms with Crippen LogP contribution in [0.5, 0.6) is 11.5 Å². The highest BCUT2D eigenvalue weighted by atomic mass is 32.2. The Morgan fingerprint density at radius 3 is 2.23 bits per heavy atom. The SMILES string of the molecule is COc1cc(N(Cc2ccccc2)C(=O)OC(C)(C)C)cc(OC)c1C(=O)/C=C(/Nc1cnc(C#N)cn1)SC. The Labute approximate surface area is 238 Å². The minimum absolute atomic E-state index is 0.178. The molecule has 0 aliphatic rings. The van der Waals surface area contributed by atoms with E-state index in [9.17, 15) is 9.59 Å². The Morgan fingerprint density at radius 2 is 1.73 bits per heavy atom. The number of thioether (sulfide) groups is 1. The van der Waals surface area contributed by atoms with Crippen molar-refractivity contribution in [1.29, 1.82) is 5.26 Å². The summed E-state index contributed by atoms with van der Waals surface area (Å²) >= 11 is 1.29. The third kappa shape index (κ3) is 7.97. The van der Waals surface area contributed by atoms with Crippen molar-refractivity contribution in [2.45, 2.75) is 32.9 Å². The first-order valence-corrected chi connectivity index (χ1v) is 13.4. The number of anilines is 2. The summed E-state index contributed by atoms with van der Waals surface area (Å²) in [5.74, 6) is 0.410. The quantitative estimate of drug-likeness (QED) is 0.239. The zero-order valence-electron chi connectivity index (χ0n) is 23.2. The number of amides is 1. The van der Waals surface area contributed by atoms with E-state index < -0.39 is 17.5 Å². The van der Waals surface area contributed by atoms with Gasteiger partial charge in [0.2, 0.25) is 0 Å². The minimum Gasteiger partial charge on any atom is -0.496 e. The van der Waals surface area contributed by atoms with Gasteiger partial charge in [0.05, 0.1) is 43.9 Å². The van der Waals surface area contributed by atoms with E-state index in [2.05, 4.69) is 15.3 Å². The molecule has 40 heavy (non-hydrogen) atoms. The van der Waals surface area contributed by atoms with E-state index in [1.54, 1.807) is 39.2 Å². The first-order valence-electron chi connectivity index (χ1n) is 12.2. The molecule has 1 aromatic heterocycles. The van der Waals surface area contributed by atoms with Crippen LogP contribution in [0.15, 0.2) is 66.0 Å². The molecule has 1 heterocycles. The molecule has 0 saturated heterocycles. The number of nitriles is 1. The number of rotatable bonds is 10. The smallest absolute Gasteiger partial charge is 0.415 e. The van der Waals surface area contributed by atoms with Crippen LogP contribution < -0.4 is 19.7 Å². The average molecular weight is 562 g/mol. The molecule has 0 aliphatic heterocycles. The molecule has 0 bridgehead atoms. The number of ether oxygens (including phenoxy) is 3. The number of nitrogens with one attached hydrogen (secondary N) is 1. The lowest BCUT2D eigenvalue weighted by Gasteiger charge is -2.28. The molecular formula is C29H31N5O5S. The van der Waals surface area contributed by atoms with Gasteiger partial charge >= 0.3 is 6.09 Å². The van der Waals surface area contributed by atoms with Crippen LogP contribution in [0.25, 0.3) is 0 Å². The fourth-order valence-corrected chi connectivity index (χ4v) is 3.99. The van der Waals surface area contributed by atoms with Gasteiger partial charge in [0, 0.05) is 18.2 Å². The molecule has 11 heteroatoms. The van der Waals surface area contributed by atoms with E-state index in [4.69, 9.17) is 19.5 Å². The largest absolute Gasteiger partial charge is 0.496 e. The molecule has 0 fully saturated rings. The Hall–Kier alpha value is -4.56. The standard InChI is InChI=1S/C29H31N5O5S/c1-29(2,3)39-28(36)34(18-19-10-8-7-9-11-19)21-12-23(37-4)27(24(13-21)38-5)22(35)14-26(40-6)33-25-17-31-20(15-30)16-32-25/h7-14,16-17H,18H2,1-6H3,(H,32,33)/b26-14-. The molecule has 2 aromatic carbocycles. The summed E-state index contributed by atoms with van der Waals surface area (Å²) in [6, 6.07) is 14.6. The number of carbonyl (C=O) groups is 2. The third-order valence-electron chi connectivity index (χ3n) is 5.35. The lowest BCUT2D eigenvalue weighted by atomic mass is 10.1. The molecule has 10 nitrogen and oxygen atoms in total. The van der Waals surface area contributed by atoms with E-state index in [0.717, 1.165) is 5.56 Å². The van der Waals surface area contributed by atoms with Crippen LogP contribution in [0.1, 0.15) is 42.4 Å². The molecule has 208 valence electrons. The van der Waals surface area contributed by atoms with Crippen LogP contribution in [0, 0.1) is 11.3 Å². The number of ketones is 1. The van der Waals surface area contributed by atoms with E-state index in [1.807, 2.05) is 36.4 Å². The predicted molar refractivity (Wildman–Crippen MR) is 155 cm³/mol. The molecule has 0 unspecified atom stereocenters. The van der Waals surface area contributed by atoms with Crippen molar-refractivity contribution in [3.63, 3.8) is 0 Å². The maximum absolute atomic E-state index is 13.5. The van der Waals surface area contributed by atoms with Crippen LogP contribution in [0.2, 0.25) is 0 Å². The number of aromatic nitrogens is 2. The molecule has 0 atom stereocenters. The van der Waals surface area contributed by atoms with Crippen molar-refractivity contribution >= 4 is 35.1 Å². The molecule has 0 spiro atoms. The van der Waals surface area contributed by atoms with Gasteiger partial charge in [-0.25, -0.2) is 14.8 Å². The summed E-state index contributed by atoms with van der Waals surface area (Å²) in [5.41, 5.74) is 0.955. The summed E-state index contributed by atoms with van der Waals surface area (Å²) in [6.45, 7) is 5.60. The molecule has 0 aliphatic carbocycles. The highest BCUT2D eigenvalue weighted by Gasteiger charge is 2.27. The van der Waals surface area contributed by atoms with Gasteiger partial charge in [-0.2, -0.15) is 5.26 Å². The topological polar surface area (TPSA) is 127 Å². The molecule has 0 saturated carbocycles. The molecule has 0 radical (unpaired) electrons. The normalized spacial score (nSPS) is 11.3. The molecule has 1 N–H and O–H groups in total. The molecule has 1 amide bonds. The van der Waals surface area contributed by atoms with Gasteiger partial charge in [0.1, 0.15) is 34.6 Å². The molecular weight excluding hydrogens is 530 g/mol. The van der Waals surface area contributed by atoms with E-state index in [-0.39, 0.29) is 29.3 Å². The van der Waals surface area contributed by atoms with E-state index >= 15 is 0 Å². The van der Waals surface area contributed by atoms with Gasteiger partial charge in [-0.1, -0.05) is 30.3 Å². The van der Waals surface area contributed by atoms with Gasteiger partial charge in [0.15, 0.2) is 11.5 Å². The summed E-state index contributed by atoms with van der Waals surface area (Å²) < 4.78 is 16.9. The lowest BCUT2D eigenvalue weighted by molar-refractivity contribution is 0.0577. The van der Waals surface area contributed by atoms with Crippen molar-refractivity contribution in [2.24, 2.45) is 0 Å². The van der Waals surface area contributed by atoms with Crippen molar-refractivity contribution < 1.29 is 23.8 Å². The Balaban J connectivity index is 2.01. The number of carbonyl (C=O) groups excluding carboxylic acids is 2. The fraction of sp³-hybridized carbons (Fsp3) is 0.276. The third-order valence-corrected chi connectivity index (χ3v) is 6.01. The zero-order valence-corrected chi connectivity index (χ0v) is 24.0. The maximum atomic E-state index is 13.5. The van der Waals surface area contributed by atoms with Crippen molar-refractivity contribution in [3.05, 3.63) is 82.8 Å². The second kappa shape index (κ2) is 13.5. The van der Waals surface area contributed by atoms with Gasteiger partial charge in [-0.05, 0) is 32.6 Å². The maximum Gasteiger partial charge on any atom is 0.415 e. The highest BCUT2D eigenvalue weighted by molar-refractivity contribution is 8.02. The van der Waals surface area contributed by atoms with E-state index in [1.165, 1.54) is 49.4 Å². The second-order valence-corrected chi connectivity index (χ2v) is 10.2. The second-order valence-electron chi connectivity index (χ2n) is 9.38. The highest BCUT2D eigenvalue weighted by Crippen LogP contribution is 2.37. The Kier molecular flexibility index (Phi) is 10.1. The summed E-state index contributed by atoms with van der Waals surface area (Å²) in [6.07, 6.45) is 5.36. The predicted octanol–water partition coefficient (Wildman–Crippen LogP) is 5.81. The van der Waals surface area contributed by atoms with Crippen LogP contribution >= 0.6 is 11.8 Å².